The highest BCUT2D eigenvalue weighted by atomic mass is 32.2. The summed E-state index contributed by atoms with van der Waals surface area (Å²) in [5.41, 5.74) is -0.206. The lowest BCUT2D eigenvalue weighted by Crippen LogP contribution is -2.45. The quantitative estimate of drug-likeness (QED) is 0.682. The number of benzene rings is 1. The number of piperidine rings is 1. The van der Waals surface area contributed by atoms with Gasteiger partial charge in [0.05, 0.1) is 18.2 Å². The molecule has 4 rings (SSSR count). The van der Waals surface area contributed by atoms with Crippen molar-refractivity contribution < 1.29 is 27.4 Å². The van der Waals surface area contributed by atoms with Crippen molar-refractivity contribution in [2.75, 3.05) is 26.2 Å². The first-order valence-corrected chi connectivity index (χ1v) is 11.6. The number of hydrogen-bond donors (Lipinski definition) is 1. The van der Waals surface area contributed by atoms with Gasteiger partial charge in [0.2, 0.25) is 5.05 Å². The molecule has 1 saturated carbocycles. The molecule has 1 aromatic carbocycles. The predicted molar refractivity (Wildman–Crippen MR) is 111 cm³/mol. The summed E-state index contributed by atoms with van der Waals surface area (Å²) >= 11 is 0. The summed E-state index contributed by atoms with van der Waals surface area (Å²) in [5.74, 6) is 0.446. The fourth-order valence-electron chi connectivity index (χ4n) is 4.07. The zero-order valence-electron chi connectivity index (χ0n) is 16.9. The Morgan fingerprint density at radius 2 is 1.93 bits per heavy atom. The van der Waals surface area contributed by atoms with E-state index in [1.54, 1.807) is 29.2 Å². The molecule has 1 aromatic rings. The van der Waals surface area contributed by atoms with Crippen LogP contribution in [0.15, 0.2) is 30.3 Å². The van der Waals surface area contributed by atoms with E-state index in [0.29, 0.717) is 12.4 Å². The van der Waals surface area contributed by atoms with Crippen molar-refractivity contribution in [3.63, 3.8) is 0 Å². The fourth-order valence-corrected chi connectivity index (χ4v) is 4.49. The average Bonchev–Trinajstić information content (AvgIpc) is 3.48. The molecule has 3 aliphatic rings. The van der Waals surface area contributed by atoms with E-state index < -0.39 is 16.4 Å². The Morgan fingerprint density at radius 1 is 1.20 bits per heavy atom. The molecule has 164 valence electrons. The lowest BCUT2D eigenvalue weighted by atomic mass is 9.88. The SMILES string of the molecule is O=C(OC1CC1)N(CCC(Oc1ccccc1)=S(=O)=O)[C@@H]1COC2(CCNCC2)C1. The van der Waals surface area contributed by atoms with Crippen LogP contribution in [-0.4, -0.2) is 68.4 Å². The average molecular weight is 437 g/mol. The third-order valence-electron chi connectivity index (χ3n) is 5.89. The fraction of sp³-hybridized carbons (Fsp3) is 0.619. The normalized spacial score (nSPS) is 22.5. The van der Waals surface area contributed by atoms with Gasteiger partial charge in [-0.1, -0.05) is 18.2 Å². The molecule has 3 fully saturated rings. The Bertz CT molecular complexity index is 870. The van der Waals surface area contributed by atoms with Gasteiger partial charge in [0.1, 0.15) is 11.9 Å². The molecule has 1 atom stereocenters. The molecule has 9 heteroatoms. The summed E-state index contributed by atoms with van der Waals surface area (Å²) in [4.78, 5) is 14.5. The van der Waals surface area contributed by atoms with Crippen LogP contribution in [0.2, 0.25) is 0 Å². The number of amides is 1. The molecule has 0 unspecified atom stereocenters. The number of ether oxygens (including phenoxy) is 3. The van der Waals surface area contributed by atoms with Crippen molar-refractivity contribution in [3.8, 4) is 5.75 Å². The first-order valence-electron chi connectivity index (χ1n) is 10.5. The van der Waals surface area contributed by atoms with Crippen molar-refractivity contribution in [3.05, 3.63) is 30.3 Å². The van der Waals surface area contributed by atoms with Crippen LogP contribution in [0.5, 0.6) is 5.75 Å². The van der Waals surface area contributed by atoms with E-state index in [2.05, 4.69) is 5.32 Å². The van der Waals surface area contributed by atoms with Gasteiger partial charge in [-0.25, -0.2) is 4.79 Å². The molecule has 8 nitrogen and oxygen atoms in total. The summed E-state index contributed by atoms with van der Waals surface area (Å²) in [6, 6.07) is 8.62. The molecule has 0 bridgehead atoms. The van der Waals surface area contributed by atoms with Crippen LogP contribution in [0.25, 0.3) is 0 Å². The van der Waals surface area contributed by atoms with Crippen LogP contribution in [0.4, 0.5) is 4.79 Å². The summed E-state index contributed by atoms with van der Waals surface area (Å²) in [6.07, 6.45) is 3.99. The van der Waals surface area contributed by atoms with Crippen molar-refractivity contribution in [1.82, 2.24) is 10.2 Å². The standard InChI is InChI=1S/C21H28N2O6S/c24-20(29-18-6-7-18)23(16-14-21(27-15-16)9-11-22-12-10-21)13-8-19(30(25)26)28-17-4-2-1-3-5-17/h1-5,16,18,22H,6-15H2/t16-/m0/s1. The highest BCUT2D eigenvalue weighted by Gasteiger charge is 2.45. The number of carbonyl (C=O) groups excluding carboxylic acids is 1. The van der Waals surface area contributed by atoms with E-state index in [9.17, 15) is 13.2 Å². The maximum Gasteiger partial charge on any atom is 0.410 e. The van der Waals surface area contributed by atoms with Crippen molar-refractivity contribution >= 4 is 21.4 Å². The molecule has 2 aliphatic heterocycles. The Morgan fingerprint density at radius 3 is 2.60 bits per heavy atom. The number of nitrogens with zero attached hydrogens (tertiary/aromatic N) is 1. The summed E-state index contributed by atoms with van der Waals surface area (Å²) in [5, 5.41) is 3.24. The first-order chi connectivity index (χ1) is 14.5. The van der Waals surface area contributed by atoms with Crippen molar-refractivity contribution in [2.45, 2.75) is 56.3 Å². The monoisotopic (exact) mass is 436 g/mol. The lowest BCUT2D eigenvalue weighted by Gasteiger charge is -2.34. The van der Waals surface area contributed by atoms with Gasteiger partial charge in [-0.3, -0.25) is 0 Å². The minimum atomic E-state index is -2.52. The largest absolute Gasteiger partial charge is 0.446 e. The van der Waals surface area contributed by atoms with Gasteiger partial charge in [-0.2, -0.15) is 8.42 Å². The maximum absolute atomic E-state index is 12.8. The van der Waals surface area contributed by atoms with Gasteiger partial charge < -0.3 is 24.4 Å². The molecule has 0 radical (unpaired) electrons. The third kappa shape index (κ3) is 5.33. The minimum Gasteiger partial charge on any atom is -0.446 e. The highest BCUT2D eigenvalue weighted by molar-refractivity contribution is 7.72. The second-order valence-corrected chi connectivity index (χ2v) is 9.08. The van der Waals surface area contributed by atoms with Crippen LogP contribution in [-0.2, 0) is 19.8 Å². The number of carbonyl (C=O) groups is 1. The smallest absolute Gasteiger partial charge is 0.410 e. The van der Waals surface area contributed by atoms with E-state index in [-0.39, 0.29) is 35.8 Å². The van der Waals surface area contributed by atoms with E-state index in [4.69, 9.17) is 14.2 Å². The van der Waals surface area contributed by atoms with Gasteiger partial charge in [0.15, 0.2) is 0 Å². The lowest BCUT2D eigenvalue weighted by molar-refractivity contribution is -0.0203. The minimum absolute atomic E-state index is 0.0205. The highest BCUT2D eigenvalue weighted by Crippen LogP contribution is 2.36. The summed E-state index contributed by atoms with van der Waals surface area (Å²) < 4.78 is 40.7. The van der Waals surface area contributed by atoms with Crippen LogP contribution >= 0.6 is 0 Å². The Hall–Kier alpha value is -2.10. The molecule has 1 N–H and O–H groups in total. The van der Waals surface area contributed by atoms with Crippen molar-refractivity contribution in [1.29, 1.82) is 0 Å². The van der Waals surface area contributed by atoms with E-state index >= 15 is 0 Å². The molecule has 30 heavy (non-hydrogen) atoms. The molecule has 2 heterocycles. The second kappa shape index (κ2) is 9.36. The van der Waals surface area contributed by atoms with Gasteiger partial charge in [0.25, 0.3) is 10.3 Å². The summed E-state index contributed by atoms with van der Waals surface area (Å²) in [7, 11) is -2.52. The maximum atomic E-state index is 12.8. The number of para-hydroxylation sites is 1. The molecular weight excluding hydrogens is 408 g/mol. The van der Waals surface area contributed by atoms with E-state index in [0.717, 1.165) is 45.2 Å². The van der Waals surface area contributed by atoms with Crippen LogP contribution in [0.3, 0.4) is 0 Å². The van der Waals surface area contributed by atoms with Gasteiger partial charge in [0, 0.05) is 13.0 Å². The zero-order chi connectivity index (χ0) is 21.0. The van der Waals surface area contributed by atoms with Crippen molar-refractivity contribution in [2.24, 2.45) is 0 Å². The van der Waals surface area contributed by atoms with Crippen LogP contribution < -0.4 is 10.1 Å². The summed E-state index contributed by atoms with van der Waals surface area (Å²) in [6.45, 7) is 2.44. The number of rotatable bonds is 6. The first kappa shape index (κ1) is 21.1. The topological polar surface area (TPSA) is 94.2 Å². The Kier molecular flexibility index (Phi) is 6.60. The zero-order valence-corrected chi connectivity index (χ0v) is 17.7. The molecular formula is C21H28N2O6S. The molecule has 1 spiro atoms. The Balaban J connectivity index is 1.44. The predicted octanol–water partition coefficient (Wildman–Crippen LogP) is 1.98. The molecule has 0 aromatic heterocycles. The van der Waals surface area contributed by atoms with Gasteiger partial charge >= 0.3 is 6.09 Å². The molecule has 1 amide bonds. The number of hydrogen-bond acceptors (Lipinski definition) is 7. The van der Waals surface area contributed by atoms with E-state index in [1.807, 2.05) is 6.07 Å². The molecule has 1 aliphatic carbocycles. The van der Waals surface area contributed by atoms with Crippen LogP contribution in [0, 0.1) is 0 Å². The van der Waals surface area contributed by atoms with E-state index in [1.165, 1.54) is 0 Å². The van der Waals surface area contributed by atoms with Gasteiger partial charge in [-0.05, 0) is 57.3 Å². The van der Waals surface area contributed by atoms with Crippen LogP contribution in [0.1, 0.15) is 38.5 Å². The molecule has 2 saturated heterocycles. The third-order valence-corrected chi connectivity index (χ3v) is 6.55. The van der Waals surface area contributed by atoms with Gasteiger partial charge in [-0.15, -0.1) is 0 Å². The second-order valence-electron chi connectivity index (χ2n) is 8.15. The Labute approximate surface area is 178 Å². The number of nitrogens with one attached hydrogen (secondary N) is 1.